The predicted octanol–water partition coefficient (Wildman–Crippen LogP) is 1.10. The number of aliphatic carboxylic acids is 1. The van der Waals surface area contributed by atoms with Gasteiger partial charge in [0.1, 0.15) is 24.2 Å². The van der Waals surface area contributed by atoms with Crippen LogP contribution in [0.4, 0.5) is 0 Å². The number of nitrogens with zero attached hydrogens (tertiary/aromatic N) is 2. The molecule has 0 aromatic heterocycles. The quantitative estimate of drug-likeness (QED) is 0.315. The second-order valence-electron chi connectivity index (χ2n) is 10.6. The van der Waals surface area contributed by atoms with Crippen LogP contribution in [0, 0.1) is 11.8 Å². The highest BCUT2D eigenvalue weighted by Gasteiger charge is 2.43. The zero-order chi connectivity index (χ0) is 26.3. The van der Waals surface area contributed by atoms with E-state index in [4.69, 9.17) is 5.73 Å². The summed E-state index contributed by atoms with van der Waals surface area (Å²) in [4.78, 5) is 53.9. The molecule has 6 atom stereocenters. The van der Waals surface area contributed by atoms with Crippen molar-refractivity contribution in [2.45, 2.75) is 109 Å². The summed E-state index contributed by atoms with van der Waals surface area (Å²) in [6.45, 7) is 8.74. The first-order valence-electron chi connectivity index (χ1n) is 13.1. The average Bonchev–Trinajstić information content (AvgIpc) is 3.50. The van der Waals surface area contributed by atoms with Crippen molar-refractivity contribution in [3.05, 3.63) is 0 Å². The van der Waals surface area contributed by atoms with Gasteiger partial charge < -0.3 is 31.1 Å². The van der Waals surface area contributed by atoms with E-state index < -0.39 is 42.1 Å². The lowest BCUT2D eigenvalue weighted by Crippen LogP contribution is -2.57. The van der Waals surface area contributed by atoms with Crippen LogP contribution in [-0.2, 0) is 19.2 Å². The number of carbonyl (C=O) groups is 4. The minimum Gasteiger partial charge on any atom is -0.480 e. The maximum Gasteiger partial charge on any atom is 0.326 e. The molecule has 35 heavy (non-hydrogen) atoms. The number of carboxylic acid groups (broad SMARTS) is 1. The van der Waals surface area contributed by atoms with Crippen molar-refractivity contribution in [2.75, 3.05) is 13.1 Å². The number of hydrogen-bond acceptors (Lipinski definition) is 6. The lowest BCUT2D eigenvalue weighted by Gasteiger charge is -2.33. The summed E-state index contributed by atoms with van der Waals surface area (Å²) in [6, 6.07) is -3.24. The molecule has 0 aromatic carbocycles. The maximum absolute atomic E-state index is 13.5. The molecule has 0 radical (unpaired) electrons. The van der Waals surface area contributed by atoms with Crippen LogP contribution in [0.2, 0.25) is 0 Å². The number of rotatable bonds is 12. The molecular weight excluding hydrogens is 452 g/mol. The number of carboxylic acids is 1. The van der Waals surface area contributed by atoms with Gasteiger partial charge in [-0.05, 0) is 56.8 Å². The maximum atomic E-state index is 13.5. The van der Waals surface area contributed by atoms with Gasteiger partial charge in [0.15, 0.2) is 0 Å². The van der Waals surface area contributed by atoms with Gasteiger partial charge >= 0.3 is 5.97 Å². The number of aliphatic hydroxyl groups is 1. The van der Waals surface area contributed by atoms with Gasteiger partial charge in [-0.1, -0.05) is 34.1 Å². The molecule has 0 saturated carbocycles. The number of carbonyl (C=O) groups excluding carboxylic acids is 3. The first kappa shape index (κ1) is 29.0. The SMILES string of the molecule is CCC(C)CCC(N)C(O)C(=O)NC(CC(C)C)C(=O)N1CCCC1C(=O)N1CCCC1C(=O)O. The summed E-state index contributed by atoms with van der Waals surface area (Å²) in [7, 11) is 0. The average molecular weight is 497 g/mol. The number of nitrogens with two attached hydrogens (primary N) is 1. The number of nitrogens with one attached hydrogen (secondary N) is 1. The second kappa shape index (κ2) is 13.2. The minimum absolute atomic E-state index is 0.0761. The smallest absolute Gasteiger partial charge is 0.326 e. The van der Waals surface area contributed by atoms with E-state index in [-0.39, 0.29) is 17.7 Å². The van der Waals surface area contributed by atoms with Gasteiger partial charge in [0.25, 0.3) is 5.91 Å². The van der Waals surface area contributed by atoms with Gasteiger partial charge in [-0.25, -0.2) is 4.79 Å². The van der Waals surface area contributed by atoms with E-state index >= 15 is 0 Å². The molecule has 6 unspecified atom stereocenters. The molecule has 200 valence electrons. The van der Waals surface area contributed by atoms with Crippen molar-refractivity contribution >= 4 is 23.7 Å². The molecule has 0 spiro atoms. The van der Waals surface area contributed by atoms with Crippen LogP contribution in [0.25, 0.3) is 0 Å². The third kappa shape index (κ3) is 7.64. The van der Waals surface area contributed by atoms with Crippen LogP contribution in [0.3, 0.4) is 0 Å². The summed E-state index contributed by atoms with van der Waals surface area (Å²) < 4.78 is 0. The Morgan fingerprint density at radius 3 is 2.17 bits per heavy atom. The van der Waals surface area contributed by atoms with Crippen molar-refractivity contribution in [2.24, 2.45) is 17.6 Å². The Hall–Kier alpha value is -2.20. The Morgan fingerprint density at radius 1 is 1.00 bits per heavy atom. The third-order valence-corrected chi connectivity index (χ3v) is 7.33. The fourth-order valence-electron chi connectivity index (χ4n) is 4.95. The van der Waals surface area contributed by atoms with E-state index in [1.807, 2.05) is 13.8 Å². The number of hydrogen-bond donors (Lipinski definition) is 4. The summed E-state index contributed by atoms with van der Waals surface area (Å²) >= 11 is 0. The predicted molar refractivity (Wildman–Crippen MR) is 131 cm³/mol. The Bertz CT molecular complexity index is 760. The minimum atomic E-state index is -1.43. The third-order valence-electron chi connectivity index (χ3n) is 7.33. The van der Waals surface area contributed by atoms with Crippen LogP contribution in [0.1, 0.15) is 79.1 Å². The Morgan fingerprint density at radius 2 is 1.60 bits per heavy atom. The molecule has 10 nitrogen and oxygen atoms in total. The van der Waals surface area contributed by atoms with Crippen molar-refractivity contribution in [1.29, 1.82) is 0 Å². The summed E-state index contributed by atoms with van der Waals surface area (Å²) in [5.74, 6) is -1.93. The fourth-order valence-corrected chi connectivity index (χ4v) is 4.95. The van der Waals surface area contributed by atoms with Crippen LogP contribution in [0.5, 0.6) is 0 Å². The molecule has 2 heterocycles. The summed E-state index contributed by atoms with van der Waals surface area (Å²) in [5.41, 5.74) is 6.06. The first-order chi connectivity index (χ1) is 16.5. The molecule has 2 aliphatic heterocycles. The topological polar surface area (TPSA) is 153 Å². The molecule has 0 aromatic rings. The molecule has 2 rings (SSSR count). The summed E-state index contributed by atoms with van der Waals surface area (Å²) in [6.07, 6.45) is 3.29. The van der Waals surface area contributed by atoms with Gasteiger partial charge in [-0.15, -0.1) is 0 Å². The van der Waals surface area contributed by atoms with E-state index in [1.165, 1.54) is 9.80 Å². The van der Waals surface area contributed by atoms with Gasteiger partial charge in [0.05, 0.1) is 0 Å². The van der Waals surface area contributed by atoms with Crippen molar-refractivity contribution < 1.29 is 29.4 Å². The zero-order valence-corrected chi connectivity index (χ0v) is 21.6. The van der Waals surface area contributed by atoms with Crippen LogP contribution in [0.15, 0.2) is 0 Å². The second-order valence-corrected chi connectivity index (χ2v) is 10.6. The van der Waals surface area contributed by atoms with E-state index in [0.717, 1.165) is 12.8 Å². The van der Waals surface area contributed by atoms with Gasteiger partial charge in [0.2, 0.25) is 11.8 Å². The number of aliphatic hydroxyl groups excluding tert-OH is 1. The van der Waals surface area contributed by atoms with Gasteiger partial charge in [-0.3, -0.25) is 14.4 Å². The van der Waals surface area contributed by atoms with Crippen molar-refractivity contribution in [3.8, 4) is 0 Å². The molecule has 10 heteroatoms. The van der Waals surface area contributed by atoms with Crippen LogP contribution < -0.4 is 11.1 Å². The van der Waals surface area contributed by atoms with Gasteiger partial charge in [0, 0.05) is 19.1 Å². The number of amides is 3. The normalized spacial score (nSPS) is 23.7. The monoisotopic (exact) mass is 496 g/mol. The van der Waals surface area contributed by atoms with E-state index in [2.05, 4.69) is 19.2 Å². The van der Waals surface area contributed by atoms with Crippen LogP contribution >= 0.6 is 0 Å². The summed E-state index contributed by atoms with van der Waals surface area (Å²) in [5, 5.41) is 22.6. The highest BCUT2D eigenvalue weighted by Crippen LogP contribution is 2.26. The molecule has 0 bridgehead atoms. The van der Waals surface area contributed by atoms with Crippen molar-refractivity contribution in [1.82, 2.24) is 15.1 Å². The van der Waals surface area contributed by atoms with E-state index in [9.17, 15) is 29.4 Å². The Balaban J connectivity index is 2.09. The number of likely N-dealkylation sites (tertiary alicyclic amines) is 2. The molecule has 5 N–H and O–H groups in total. The standard InChI is InChI=1S/C25H44N4O6/c1-5-16(4)10-11-17(26)21(30)22(31)27-18(14-15(2)3)23(32)28-12-6-8-19(28)24(33)29-13-7-9-20(29)25(34)35/h15-21,30H,5-14,26H2,1-4H3,(H,27,31)(H,34,35). The Labute approximate surface area is 208 Å². The van der Waals surface area contributed by atoms with E-state index in [0.29, 0.717) is 57.5 Å². The molecule has 0 aliphatic carbocycles. The van der Waals surface area contributed by atoms with Gasteiger partial charge in [-0.2, -0.15) is 0 Å². The van der Waals surface area contributed by atoms with Crippen LogP contribution in [-0.4, -0.2) is 87.1 Å². The molecule has 2 saturated heterocycles. The molecule has 3 amide bonds. The zero-order valence-electron chi connectivity index (χ0n) is 21.6. The molecular formula is C25H44N4O6. The highest BCUT2D eigenvalue weighted by atomic mass is 16.4. The fraction of sp³-hybridized carbons (Fsp3) is 0.840. The highest BCUT2D eigenvalue weighted by molar-refractivity contribution is 5.94. The lowest BCUT2D eigenvalue weighted by molar-refractivity contribution is -0.152. The molecule has 2 aliphatic rings. The Kier molecular flexibility index (Phi) is 11.0. The van der Waals surface area contributed by atoms with E-state index in [1.54, 1.807) is 0 Å². The largest absolute Gasteiger partial charge is 0.480 e. The first-order valence-corrected chi connectivity index (χ1v) is 13.1. The lowest BCUT2D eigenvalue weighted by atomic mass is 9.96. The van der Waals surface area contributed by atoms with Crippen molar-refractivity contribution in [3.63, 3.8) is 0 Å². The molecule has 2 fully saturated rings.